The van der Waals surface area contributed by atoms with Gasteiger partial charge < -0.3 is 15.0 Å². The Balaban J connectivity index is 1.43. The second kappa shape index (κ2) is 9.01. The molecule has 4 atom stereocenters. The van der Waals surface area contributed by atoms with E-state index in [-0.39, 0.29) is 24.3 Å². The van der Waals surface area contributed by atoms with Gasteiger partial charge >= 0.3 is 5.97 Å². The number of amidine groups is 1. The minimum atomic E-state index is -0.366. The third-order valence-corrected chi connectivity index (χ3v) is 8.29. The number of nitrogens with zero attached hydrogens (tertiary/aromatic N) is 2. The van der Waals surface area contributed by atoms with Gasteiger partial charge in [-0.15, -0.1) is 0 Å². The van der Waals surface area contributed by atoms with Crippen LogP contribution < -0.4 is 5.32 Å². The number of aliphatic imine (C=N–C) groups is 1. The Morgan fingerprint density at radius 1 is 1.21 bits per heavy atom. The number of esters is 1. The van der Waals surface area contributed by atoms with Gasteiger partial charge in [0.05, 0.1) is 30.3 Å². The van der Waals surface area contributed by atoms with Crippen LogP contribution in [0.25, 0.3) is 0 Å². The lowest BCUT2D eigenvalue weighted by Gasteiger charge is -2.37. The minimum absolute atomic E-state index is 0.0492. The summed E-state index contributed by atoms with van der Waals surface area (Å²) in [5.41, 5.74) is 4.19. The number of carbonyl (C=O) groups excluding carboxylic acids is 2. The number of allylic oxidation sites excluding steroid dienone is 1. The van der Waals surface area contributed by atoms with Gasteiger partial charge in [0.25, 0.3) is 0 Å². The molecule has 0 aromatic heterocycles. The van der Waals surface area contributed by atoms with Crippen LogP contribution in [0.1, 0.15) is 63.1 Å². The van der Waals surface area contributed by atoms with Crippen LogP contribution in [0.15, 0.2) is 51.6 Å². The Hall–Kier alpha value is -2.54. The van der Waals surface area contributed by atoms with Crippen LogP contribution in [0.5, 0.6) is 0 Å². The summed E-state index contributed by atoms with van der Waals surface area (Å²) < 4.78 is 5.43. The summed E-state index contributed by atoms with van der Waals surface area (Å²) in [4.78, 5) is 32.9. The fraction of sp³-hybridized carbons (Fsp3) is 0.500. The number of amides is 1. The predicted molar refractivity (Wildman–Crippen MR) is 130 cm³/mol. The second-order valence-corrected chi connectivity index (χ2v) is 10.3. The molecule has 2 fully saturated rings. The summed E-state index contributed by atoms with van der Waals surface area (Å²) in [6, 6.07) is 8.02. The van der Waals surface area contributed by atoms with E-state index in [1.54, 1.807) is 0 Å². The zero-order valence-corrected chi connectivity index (χ0v) is 20.3. The molecule has 2 saturated carbocycles. The highest BCUT2D eigenvalue weighted by Gasteiger charge is 2.43. The largest absolute Gasteiger partial charge is 0.463 e. The second-order valence-electron chi connectivity index (χ2n) is 9.50. The molecule has 1 amide bonds. The van der Waals surface area contributed by atoms with Gasteiger partial charge in [0.2, 0.25) is 5.91 Å². The van der Waals surface area contributed by atoms with Crippen molar-refractivity contribution in [2.24, 2.45) is 16.8 Å². The number of carbonyl (C=O) groups is 2. The van der Waals surface area contributed by atoms with Crippen molar-refractivity contribution in [3.63, 3.8) is 0 Å². The molecular weight excluding hydrogens is 434 g/mol. The number of fused-ring (bicyclic) bond motifs is 3. The lowest BCUT2D eigenvalue weighted by atomic mass is 9.91. The highest BCUT2D eigenvalue weighted by Crippen LogP contribution is 2.46. The van der Waals surface area contributed by atoms with Crippen LogP contribution >= 0.6 is 11.8 Å². The lowest BCUT2D eigenvalue weighted by Crippen LogP contribution is -2.41. The molecule has 174 valence electrons. The molecule has 2 heterocycles. The first-order valence-electron chi connectivity index (χ1n) is 11.9. The van der Waals surface area contributed by atoms with E-state index in [1.165, 1.54) is 31.0 Å². The van der Waals surface area contributed by atoms with Gasteiger partial charge in [0.1, 0.15) is 0 Å². The number of aryl methyl sites for hydroxylation is 1. The maximum Gasteiger partial charge on any atom is 0.338 e. The monoisotopic (exact) mass is 465 g/mol. The molecular formula is C26H31N3O3S. The number of rotatable bonds is 6. The van der Waals surface area contributed by atoms with Gasteiger partial charge in [0.15, 0.2) is 5.17 Å². The molecule has 0 unspecified atom stereocenters. The maximum absolute atomic E-state index is 13.1. The summed E-state index contributed by atoms with van der Waals surface area (Å²) in [5.74, 6) is 1.12. The van der Waals surface area contributed by atoms with Gasteiger partial charge in [0, 0.05) is 11.7 Å². The zero-order valence-electron chi connectivity index (χ0n) is 19.5. The van der Waals surface area contributed by atoms with E-state index in [2.05, 4.69) is 10.2 Å². The molecule has 1 aromatic rings. The standard InChI is InChI=1S/C26H31N3O3S/c1-4-32-25(31)23-16(3)27-26-29(24(23)20-8-6-5-7-15(20)2)19(14-33-26)13-22(30)28-21-12-17-9-10-18(21)11-17/h5-8,14,17-18,21,24H,4,9-13H2,1-3H3,(H,28,30)/t17-,18-,21+,24+/m0/s1. The highest BCUT2D eigenvalue weighted by atomic mass is 32.2. The molecule has 7 heteroatoms. The first-order chi connectivity index (χ1) is 16.0. The number of benzene rings is 1. The molecule has 2 bridgehead atoms. The third kappa shape index (κ3) is 4.12. The number of hydrogen-bond acceptors (Lipinski definition) is 6. The van der Waals surface area contributed by atoms with Crippen LogP contribution in [-0.4, -0.2) is 34.6 Å². The van der Waals surface area contributed by atoms with Crippen molar-refractivity contribution < 1.29 is 14.3 Å². The van der Waals surface area contributed by atoms with Gasteiger partial charge in [-0.1, -0.05) is 42.4 Å². The summed E-state index contributed by atoms with van der Waals surface area (Å²) in [7, 11) is 0. The summed E-state index contributed by atoms with van der Waals surface area (Å²) in [6.07, 6.45) is 5.19. The molecule has 33 heavy (non-hydrogen) atoms. The molecule has 5 rings (SSSR count). The molecule has 1 N–H and O–H groups in total. The number of thioether (sulfide) groups is 1. The molecule has 1 aromatic carbocycles. The van der Waals surface area contributed by atoms with Crippen molar-refractivity contribution in [2.75, 3.05) is 6.61 Å². The highest BCUT2D eigenvalue weighted by molar-refractivity contribution is 8.16. The fourth-order valence-electron chi connectivity index (χ4n) is 5.87. The first kappa shape index (κ1) is 22.3. The number of nitrogens with one attached hydrogen (secondary N) is 1. The van der Waals surface area contributed by atoms with Gasteiger partial charge in [-0.05, 0) is 68.4 Å². The quantitative estimate of drug-likeness (QED) is 0.610. The van der Waals surface area contributed by atoms with Crippen LogP contribution in [0.2, 0.25) is 0 Å². The fourth-order valence-corrected chi connectivity index (χ4v) is 6.84. The van der Waals surface area contributed by atoms with Crippen molar-refractivity contribution in [1.29, 1.82) is 0 Å². The smallest absolute Gasteiger partial charge is 0.338 e. The summed E-state index contributed by atoms with van der Waals surface area (Å²) >= 11 is 1.51. The molecule has 0 radical (unpaired) electrons. The van der Waals surface area contributed by atoms with Crippen molar-refractivity contribution in [2.45, 2.75) is 65.0 Å². The SMILES string of the molecule is CCOC(=O)C1=C(C)N=C2SC=C(CC(=O)N[C@@H]3C[C@H]4CC[C@H]3C4)N2[C@@H]1c1ccccc1C. The summed E-state index contributed by atoms with van der Waals surface area (Å²) in [6.45, 7) is 6.02. The molecule has 2 aliphatic heterocycles. The van der Waals surface area contributed by atoms with E-state index < -0.39 is 0 Å². The van der Waals surface area contributed by atoms with Crippen molar-refractivity contribution in [1.82, 2.24) is 10.2 Å². The lowest BCUT2D eigenvalue weighted by molar-refractivity contribution is -0.139. The molecule has 4 aliphatic rings. The Morgan fingerprint density at radius 3 is 2.73 bits per heavy atom. The van der Waals surface area contributed by atoms with E-state index in [0.717, 1.165) is 34.3 Å². The molecule has 2 aliphatic carbocycles. The van der Waals surface area contributed by atoms with E-state index in [4.69, 9.17) is 9.73 Å². The Kier molecular flexibility index (Phi) is 6.08. The minimum Gasteiger partial charge on any atom is -0.463 e. The third-order valence-electron chi connectivity index (χ3n) is 7.41. The van der Waals surface area contributed by atoms with Crippen molar-refractivity contribution in [3.8, 4) is 0 Å². The molecule has 0 spiro atoms. The van der Waals surface area contributed by atoms with Crippen molar-refractivity contribution >= 4 is 28.8 Å². The van der Waals surface area contributed by atoms with E-state index >= 15 is 0 Å². The van der Waals surface area contributed by atoms with Gasteiger partial charge in [-0.25, -0.2) is 9.79 Å². The van der Waals surface area contributed by atoms with E-state index in [1.807, 2.05) is 50.4 Å². The van der Waals surface area contributed by atoms with Crippen LogP contribution in [-0.2, 0) is 14.3 Å². The summed E-state index contributed by atoms with van der Waals surface area (Å²) in [5, 5.41) is 6.11. The molecule has 0 saturated heterocycles. The van der Waals surface area contributed by atoms with Gasteiger partial charge in [-0.3, -0.25) is 4.79 Å². The van der Waals surface area contributed by atoms with Crippen LogP contribution in [0, 0.1) is 18.8 Å². The Morgan fingerprint density at radius 2 is 2.03 bits per heavy atom. The van der Waals surface area contributed by atoms with Crippen molar-refractivity contribution in [3.05, 3.63) is 57.8 Å². The Bertz CT molecular complexity index is 1080. The van der Waals surface area contributed by atoms with Crippen LogP contribution in [0.3, 0.4) is 0 Å². The average molecular weight is 466 g/mol. The van der Waals surface area contributed by atoms with E-state index in [9.17, 15) is 9.59 Å². The maximum atomic E-state index is 13.1. The Labute approximate surface area is 199 Å². The molecule has 6 nitrogen and oxygen atoms in total. The normalized spacial score (nSPS) is 27.9. The first-order valence-corrected chi connectivity index (χ1v) is 12.8. The van der Waals surface area contributed by atoms with Crippen LogP contribution in [0.4, 0.5) is 0 Å². The number of hydrogen-bond donors (Lipinski definition) is 1. The van der Waals surface area contributed by atoms with Gasteiger partial charge in [-0.2, -0.15) is 0 Å². The van der Waals surface area contributed by atoms with E-state index in [0.29, 0.717) is 29.8 Å². The predicted octanol–water partition coefficient (Wildman–Crippen LogP) is 4.83. The number of ether oxygens (including phenoxy) is 1. The zero-order chi connectivity index (χ0) is 23.1. The topological polar surface area (TPSA) is 71.0 Å². The average Bonchev–Trinajstić information content (AvgIpc) is 3.50.